The van der Waals surface area contributed by atoms with E-state index >= 15 is 0 Å². The molecule has 1 aromatic heterocycles. The Hall–Kier alpha value is -1.81. The molecule has 18 heavy (non-hydrogen) atoms. The molecule has 0 atom stereocenters. The van der Waals surface area contributed by atoms with Crippen LogP contribution in [-0.4, -0.2) is 23.6 Å². The Labute approximate surface area is 110 Å². The molecule has 0 radical (unpaired) electrons. The molecule has 4 heteroatoms. The van der Waals surface area contributed by atoms with E-state index in [9.17, 15) is 4.79 Å². The van der Waals surface area contributed by atoms with Crippen molar-refractivity contribution in [3.63, 3.8) is 0 Å². The van der Waals surface area contributed by atoms with Crippen LogP contribution in [-0.2, 0) is 0 Å². The Morgan fingerprint density at radius 2 is 2.00 bits per heavy atom. The van der Waals surface area contributed by atoms with Crippen LogP contribution in [0, 0.1) is 0 Å². The summed E-state index contributed by atoms with van der Waals surface area (Å²) in [4.78, 5) is 17.2. The summed E-state index contributed by atoms with van der Waals surface area (Å²) in [6.07, 6.45) is 1.60. The van der Waals surface area contributed by atoms with E-state index in [1.165, 1.54) is 18.9 Å². The van der Waals surface area contributed by atoms with Crippen LogP contribution in [0.5, 0.6) is 5.75 Å². The Morgan fingerprint density at radius 3 is 2.72 bits per heavy atom. The topological polar surface area (TPSA) is 39.2 Å². The molecule has 0 N–H and O–H groups in total. The van der Waals surface area contributed by atoms with Gasteiger partial charge in [0.05, 0.1) is 12.9 Å². The zero-order chi connectivity index (χ0) is 12.8. The van der Waals surface area contributed by atoms with E-state index < -0.39 is 0 Å². The molecule has 0 spiro atoms. The SMILES string of the molecule is COc1cccnc1C(=O)CSc1ccccc1. The van der Waals surface area contributed by atoms with Crippen LogP contribution in [0.15, 0.2) is 53.6 Å². The lowest BCUT2D eigenvalue weighted by Gasteiger charge is -2.05. The number of ether oxygens (including phenoxy) is 1. The van der Waals surface area contributed by atoms with Crippen LogP contribution in [0.4, 0.5) is 0 Å². The average molecular weight is 259 g/mol. The number of carbonyl (C=O) groups excluding carboxylic acids is 1. The fraction of sp³-hybridized carbons (Fsp3) is 0.143. The number of benzene rings is 1. The van der Waals surface area contributed by atoms with Crippen LogP contribution in [0.25, 0.3) is 0 Å². The minimum Gasteiger partial charge on any atom is -0.494 e. The predicted molar refractivity (Wildman–Crippen MR) is 72.3 cm³/mol. The van der Waals surface area contributed by atoms with Gasteiger partial charge in [-0.05, 0) is 24.3 Å². The van der Waals surface area contributed by atoms with Crippen molar-refractivity contribution in [2.24, 2.45) is 0 Å². The molecule has 0 amide bonds. The third kappa shape index (κ3) is 3.11. The molecular formula is C14H13NO2S. The van der Waals surface area contributed by atoms with Crippen molar-refractivity contribution in [2.45, 2.75) is 4.90 Å². The summed E-state index contributed by atoms with van der Waals surface area (Å²) < 4.78 is 5.13. The van der Waals surface area contributed by atoms with E-state index in [-0.39, 0.29) is 5.78 Å². The number of rotatable bonds is 5. The number of hydrogen-bond acceptors (Lipinski definition) is 4. The third-order valence-corrected chi connectivity index (χ3v) is 3.38. The van der Waals surface area contributed by atoms with Crippen LogP contribution in [0.1, 0.15) is 10.5 Å². The van der Waals surface area contributed by atoms with E-state index in [0.29, 0.717) is 17.2 Å². The quantitative estimate of drug-likeness (QED) is 0.611. The molecule has 1 heterocycles. The number of aromatic nitrogens is 1. The van der Waals surface area contributed by atoms with Crippen LogP contribution < -0.4 is 4.74 Å². The Kier molecular flexibility index (Phi) is 4.36. The van der Waals surface area contributed by atoms with Crippen LogP contribution in [0.3, 0.4) is 0 Å². The molecular weight excluding hydrogens is 246 g/mol. The summed E-state index contributed by atoms with van der Waals surface area (Å²) in [5.74, 6) is 0.856. The van der Waals surface area contributed by atoms with Crippen molar-refractivity contribution < 1.29 is 9.53 Å². The Bertz CT molecular complexity index is 528. The fourth-order valence-electron chi connectivity index (χ4n) is 1.50. The molecule has 0 aliphatic carbocycles. The second kappa shape index (κ2) is 6.21. The van der Waals surface area contributed by atoms with Gasteiger partial charge in [0.1, 0.15) is 11.4 Å². The Morgan fingerprint density at radius 1 is 1.22 bits per heavy atom. The lowest BCUT2D eigenvalue weighted by Crippen LogP contribution is -2.07. The summed E-state index contributed by atoms with van der Waals surface area (Å²) in [5.41, 5.74) is 0.392. The molecule has 92 valence electrons. The van der Waals surface area contributed by atoms with E-state index in [0.717, 1.165) is 4.90 Å². The first-order valence-electron chi connectivity index (χ1n) is 5.51. The minimum absolute atomic E-state index is 0.0266. The largest absolute Gasteiger partial charge is 0.494 e. The van der Waals surface area contributed by atoms with Gasteiger partial charge in [-0.25, -0.2) is 4.98 Å². The van der Waals surface area contributed by atoms with Crippen LogP contribution in [0.2, 0.25) is 0 Å². The fourth-order valence-corrected chi connectivity index (χ4v) is 2.28. The van der Waals surface area contributed by atoms with Gasteiger partial charge in [0, 0.05) is 11.1 Å². The molecule has 2 rings (SSSR count). The number of Topliss-reactive ketones (excluding diaryl/α,β-unsaturated/α-hetero) is 1. The third-order valence-electron chi connectivity index (χ3n) is 2.37. The van der Waals surface area contributed by atoms with Crippen LogP contribution >= 0.6 is 11.8 Å². The standard InChI is InChI=1S/C14H13NO2S/c1-17-13-8-5-9-15-14(13)12(16)10-18-11-6-3-2-4-7-11/h2-9H,10H2,1H3. The number of carbonyl (C=O) groups is 1. The summed E-state index contributed by atoms with van der Waals surface area (Å²) in [7, 11) is 1.54. The van der Waals surface area contributed by atoms with Gasteiger partial charge in [-0.2, -0.15) is 0 Å². The normalized spacial score (nSPS) is 10.1. The summed E-state index contributed by atoms with van der Waals surface area (Å²) >= 11 is 1.50. The maximum atomic E-state index is 12.0. The molecule has 0 saturated carbocycles. The molecule has 1 aromatic carbocycles. The highest BCUT2D eigenvalue weighted by Crippen LogP contribution is 2.21. The highest BCUT2D eigenvalue weighted by atomic mass is 32.2. The van der Waals surface area contributed by atoms with Crippen molar-refractivity contribution in [1.29, 1.82) is 0 Å². The molecule has 0 saturated heterocycles. The van der Waals surface area contributed by atoms with Crippen molar-refractivity contribution in [1.82, 2.24) is 4.98 Å². The highest BCUT2D eigenvalue weighted by Gasteiger charge is 2.13. The van der Waals surface area contributed by atoms with Gasteiger partial charge in [0.25, 0.3) is 0 Å². The predicted octanol–water partition coefficient (Wildman–Crippen LogP) is 3.07. The van der Waals surface area contributed by atoms with Gasteiger partial charge in [-0.1, -0.05) is 18.2 Å². The number of nitrogens with zero attached hydrogens (tertiary/aromatic N) is 1. The molecule has 3 nitrogen and oxygen atoms in total. The Balaban J connectivity index is 2.04. The number of thioether (sulfide) groups is 1. The van der Waals surface area contributed by atoms with Gasteiger partial charge in [0.15, 0.2) is 5.78 Å². The molecule has 0 bridgehead atoms. The number of pyridine rings is 1. The summed E-state index contributed by atoms with van der Waals surface area (Å²) in [6.45, 7) is 0. The van der Waals surface area contributed by atoms with E-state index in [1.807, 2.05) is 30.3 Å². The molecule has 0 unspecified atom stereocenters. The highest BCUT2D eigenvalue weighted by molar-refractivity contribution is 8.00. The van der Waals surface area contributed by atoms with Crippen molar-refractivity contribution in [3.05, 3.63) is 54.4 Å². The molecule has 0 aliphatic rings. The second-order valence-electron chi connectivity index (χ2n) is 3.58. The summed E-state index contributed by atoms with van der Waals surface area (Å²) in [5, 5.41) is 0. The molecule has 2 aromatic rings. The van der Waals surface area contributed by atoms with E-state index in [2.05, 4.69) is 4.98 Å². The lowest BCUT2D eigenvalue weighted by atomic mass is 10.2. The smallest absolute Gasteiger partial charge is 0.195 e. The first-order chi connectivity index (χ1) is 8.81. The van der Waals surface area contributed by atoms with Gasteiger partial charge in [-0.15, -0.1) is 11.8 Å². The second-order valence-corrected chi connectivity index (χ2v) is 4.63. The maximum Gasteiger partial charge on any atom is 0.195 e. The zero-order valence-corrected chi connectivity index (χ0v) is 10.8. The van der Waals surface area contributed by atoms with Crippen molar-refractivity contribution in [2.75, 3.05) is 12.9 Å². The van der Waals surface area contributed by atoms with E-state index in [4.69, 9.17) is 4.74 Å². The first kappa shape index (κ1) is 12.6. The summed E-state index contributed by atoms with van der Waals surface area (Å²) in [6, 6.07) is 13.3. The minimum atomic E-state index is -0.0266. The number of hydrogen-bond donors (Lipinski definition) is 0. The van der Waals surface area contributed by atoms with E-state index in [1.54, 1.807) is 18.3 Å². The maximum absolute atomic E-state index is 12.0. The van der Waals surface area contributed by atoms with Crippen molar-refractivity contribution >= 4 is 17.5 Å². The van der Waals surface area contributed by atoms with Gasteiger partial charge in [-0.3, -0.25) is 4.79 Å². The number of ketones is 1. The van der Waals surface area contributed by atoms with Crippen molar-refractivity contribution in [3.8, 4) is 5.75 Å². The molecule has 0 fully saturated rings. The molecule has 0 aliphatic heterocycles. The zero-order valence-electron chi connectivity index (χ0n) is 10.00. The number of methoxy groups -OCH3 is 1. The first-order valence-corrected chi connectivity index (χ1v) is 6.50. The van der Waals surface area contributed by atoms with Gasteiger partial charge < -0.3 is 4.74 Å². The lowest BCUT2D eigenvalue weighted by molar-refractivity contribution is 0.101. The van der Waals surface area contributed by atoms with Gasteiger partial charge in [0.2, 0.25) is 0 Å². The monoisotopic (exact) mass is 259 g/mol. The van der Waals surface area contributed by atoms with Gasteiger partial charge >= 0.3 is 0 Å². The average Bonchev–Trinajstić information content (AvgIpc) is 2.45.